The lowest BCUT2D eigenvalue weighted by Crippen LogP contribution is -2.32. The molecular weight excluding hydrogens is 267 g/mol. The largest absolute Gasteiger partial charge is 0.368 e. The third-order valence-corrected chi connectivity index (χ3v) is 4.58. The van der Waals surface area contributed by atoms with E-state index in [4.69, 9.17) is 9.05 Å². The summed E-state index contributed by atoms with van der Waals surface area (Å²) in [7, 11) is -3.61. The van der Waals surface area contributed by atoms with Gasteiger partial charge in [0.2, 0.25) is 0 Å². The quantitative estimate of drug-likeness (QED) is 0.779. The van der Waals surface area contributed by atoms with E-state index in [1.54, 1.807) is 38.2 Å². The second-order valence-electron chi connectivity index (χ2n) is 3.71. The summed E-state index contributed by atoms with van der Waals surface area (Å²) < 4.78 is 24.2. The maximum absolute atomic E-state index is 12.6. The Bertz CT molecular complexity index is 673. The summed E-state index contributed by atoms with van der Waals surface area (Å²) in [4.78, 5) is 16.4. The Morgan fingerprint density at radius 2 is 1.95 bits per heavy atom. The van der Waals surface area contributed by atoms with Gasteiger partial charge in [0.1, 0.15) is 11.0 Å². The fraction of sp³-hybridized carbons (Fsp3) is 0.333. The zero-order chi connectivity index (χ0) is 13.9. The molecule has 0 unspecified atom stereocenters. The molecule has 19 heavy (non-hydrogen) atoms. The van der Waals surface area contributed by atoms with Crippen molar-refractivity contribution in [3.8, 4) is 0 Å². The zero-order valence-electron chi connectivity index (χ0n) is 10.8. The van der Waals surface area contributed by atoms with Crippen LogP contribution in [0.4, 0.5) is 0 Å². The molecule has 2 rings (SSSR count). The molecular formula is C12H15N2O4P. The maximum atomic E-state index is 12.6. The van der Waals surface area contributed by atoms with Crippen LogP contribution in [0.1, 0.15) is 13.8 Å². The number of fused-ring (bicyclic) bond motifs is 1. The molecule has 0 aromatic carbocycles. The number of pyridine rings is 1. The highest BCUT2D eigenvalue weighted by Gasteiger charge is 2.31. The van der Waals surface area contributed by atoms with Gasteiger partial charge in [-0.1, -0.05) is 6.07 Å². The van der Waals surface area contributed by atoms with Crippen molar-refractivity contribution in [3.63, 3.8) is 0 Å². The van der Waals surface area contributed by atoms with E-state index in [9.17, 15) is 9.36 Å². The van der Waals surface area contributed by atoms with Crippen molar-refractivity contribution >= 4 is 18.5 Å². The average molecular weight is 282 g/mol. The van der Waals surface area contributed by atoms with Crippen LogP contribution in [0, 0.1) is 0 Å². The van der Waals surface area contributed by atoms with E-state index in [1.807, 2.05) is 0 Å². The fourth-order valence-electron chi connectivity index (χ4n) is 1.72. The molecule has 0 aliphatic rings. The Morgan fingerprint density at radius 3 is 2.58 bits per heavy atom. The lowest BCUT2D eigenvalue weighted by atomic mass is 10.4. The standard InChI is InChI=1S/C12H15N2O4P/c1-3-17-19(16,18-4-2)10-9-13-11-7-5-6-8-14(11)12(10)15/h5-9H,3-4H2,1-2H3. The smallest absolute Gasteiger partial charge is 0.305 e. The molecule has 102 valence electrons. The first kappa shape index (κ1) is 13.9. The van der Waals surface area contributed by atoms with Crippen molar-refractivity contribution in [2.45, 2.75) is 13.8 Å². The SMILES string of the molecule is CCOP(=O)(OCC)c1cnc2ccccn2c1=O. The van der Waals surface area contributed by atoms with Gasteiger partial charge in [-0.25, -0.2) is 4.98 Å². The second kappa shape index (κ2) is 5.65. The van der Waals surface area contributed by atoms with Crippen molar-refractivity contribution in [1.82, 2.24) is 9.38 Å². The Hall–Kier alpha value is -1.49. The molecule has 0 N–H and O–H groups in total. The predicted molar refractivity (Wildman–Crippen MR) is 72.0 cm³/mol. The van der Waals surface area contributed by atoms with E-state index >= 15 is 0 Å². The highest BCUT2D eigenvalue weighted by molar-refractivity contribution is 7.62. The molecule has 2 heterocycles. The Labute approximate surface area is 110 Å². The van der Waals surface area contributed by atoms with E-state index in [0.29, 0.717) is 5.65 Å². The molecule has 0 spiro atoms. The molecule has 6 nitrogen and oxygen atoms in total. The summed E-state index contributed by atoms with van der Waals surface area (Å²) in [5.41, 5.74) is 0.0478. The molecule has 0 bridgehead atoms. The van der Waals surface area contributed by atoms with E-state index in [1.165, 1.54) is 10.6 Å². The third kappa shape index (κ3) is 2.61. The van der Waals surface area contributed by atoms with Gasteiger partial charge in [0.05, 0.1) is 19.4 Å². The van der Waals surface area contributed by atoms with Crippen LogP contribution in [0.5, 0.6) is 0 Å². The molecule has 0 atom stereocenters. The highest BCUT2D eigenvalue weighted by Crippen LogP contribution is 2.45. The highest BCUT2D eigenvalue weighted by atomic mass is 31.2. The van der Waals surface area contributed by atoms with E-state index in [0.717, 1.165) is 0 Å². The number of hydrogen-bond donors (Lipinski definition) is 0. The minimum atomic E-state index is -3.61. The molecule has 0 saturated heterocycles. The van der Waals surface area contributed by atoms with Crippen molar-refractivity contribution in [1.29, 1.82) is 0 Å². The van der Waals surface area contributed by atoms with Crippen LogP contribution in [0.15, 0.2) is 35.4 Å². The number of aromatic nitrogens is 2. The first-order valence-corrected chi connectivity index (χ1v) is 7.52. The fourth-order valence-corrected chi connectivity index (χ4v) is 3.29. The van der Waals surface area contributed by atoms with Crippen molar-refractivity contribution in [3.05, 3.63) is 40.9 Å². The molecule has 7 heteroatoms. The Morgan fingerprint density at radius 1 is 1.26 bits per heavy atom. The van der Waals surface area contributed by atoms with Gasteiger partial charge < -0.3 is 9.05 Å². The van der Waals surface area contributed by atoms with Crippen LogP contribution in [-0.4, -0.2) is 22.6 Å². The molecule has 0 radical (unpaired) electrons. The van der Waals surface area contributed by atoms with Gasteiger partial charge in [-0.2, -0.15) is 0 Å². The van der Waals surface area contributed by atoms with Crippen LogP contribution < -0.4 is 10.9 Å². The monoisotopic (exact) mass is 282 g/mol. The van der Waals surface area contributed by atoms with Crippen LogP contribution in [0.25, 0.3) is 5.65 Å². The van der Waals surface area contributed by atoms with Gasteiger partial charge in [0, 0.05) is 6.20 Å². The van der Waals surface area contributed by atoms with Crippen molar-refractivity contribution in [2.75, 3.05) is 13.2 Å². The summed E-state index contributed by atoms with van der Waals surface area (Å²) in [6.07, 6.45) is 2.83. The summed E-state index contributed by atoms with van der Waals surface area (Å²) in [6, 6.07) is 5.16. The van der Waals surface area contributed by atoms with E-state index < -0.39 is 13.2 Å². The number of nitrogens with zero attached hydrogens (tertiary/aromatic N) is 2. The van der Waals surface area contributed by atoms with Gasteiger partial charge in [0.25, 0.3) is 5.56 Å². The first-order valence-electron chi connectivity index (χ1n) is 5.98. The van der Waals surface area contributed by atoms with Crippen molar-refractivity contribution < 1.29 is 13.6 Å². The molecule has 0 saturated carbocycles. The molecule has 0 aliphatic carbocycles. The lowest BCUT2D eigenvalue weighted by Gasteiger charge is -2.16. The van der Waals surface area contributed by atoms with Gasteiger partial charge in [-0.15, -0.1) is 0 Å². The molecule has 2 aromatic heterocycles. The lowest BCUT2D eigenvalue weighted by molar-refractivity contribution is 0.229. The van der Waals surface area contributed by atoms with Gasteiger partial charge in [-0.05, 0) is 26.0 Å². The normalized spacial score (nSPS) is 11.9. The molecule has 2 aromatic rings. The van der Waals surface area contributed by atoms with Gasteiger partial charge in [-0.3, -0.25) is 13.8 Å². The third-order valence-electron chi connectivity index (χ3n) is 2.49. The predicted octanol–water partition coefficient (Wildman–Crippen LogP) is 1.59. The van der Waals surface area contributed by atoms with Gasteiger partial charge in [0.15, 0.2) is 0 Å². The van der Waals surface area contributed by atoms with Crippen LogP contribution in [0.3, 0.4) is 0 Å². The molecule has 0 fully saturated rings. The Balaban J connectivity index is 2.64. The molecule has 0 amide bonds. The van der Waals surface area contributed by atoms with Gasteiger partial charge >= 0.3 is 7.60 Å². The summed E-state index contributed by atoms with van der Waals surface area (Å²) in [6.45, 7) is 3.76. The van der Waals surface area contributed by atoms with E-state index in [-0.39, 0.29) is 18.5 Å². The van der Waals surface area contributed by atoms with Crippen LogP contribution in [0.2, 0.25) is 0 Å². The summed E-state index contributed by atoms with van der Waals surface area (Å²) in [5, 5.41) is -0.0418. The van der Waals surface area contributed by atoms with Crippen LogP contribution in [-0.2, 0) is 13.6 Å². The minimum absolute atomic E-state index is 0.0418. The maximum Gasteiger partial charge on any atom is 0.368 e. The zero-order valence-corrected chi connectivity index (χ0v) is 11.7. The Kier molecular flexibility index (Phi) is 4.14. The summed E-state index contributed by atoms with van der Waals surface area (Å²) >= 11 is 0. The summed E-state index contributed by atoms with van der Waals surface area (Å²) in [5.74, 6) is 0. The second-order valence-corrected chi connectivity index (χ2v) is 5.70. The minimum Gasteiger partial charge on any atom is -0.305 e. The van der Waals surface area contributed by atoms with Crippen molar-refractivity contribution in [2.24, 2.45) is 0 Å². The first-order chi connectivity index (χ1) is 9.12. The van der Waals surface area contributed by atoms with E-state index in [2.05, 4.69) is 4.98 Å². The topological polar surface area (TPSA) is 69.9 Å². The average Bonchev–Trinajstić information content (AvgIpc) is 2.40. The number of rotatable bonds is 5. The number of hydrogen-bond acceptors (Lipinski definition) is 5. The molecule has 0 aliphatic heterocycles. The van der Waals surface area contributed by atoms with Crippen LogP contribution >= 0.6 is 7.60 Å².